The van der Waals surface area contributed by atoms with Crippen molar-refractivity contribution in [3.8, 4) is 0 Å². The first-order valence-electron chi connectivity index (χ1n) is 5.82. The molecule has 0 aliphatic carbocycles. The third-order valence-electron chi connectivity index (χ3n) is 2.15. The second-order valence-electron chi connectivity index (χ2n) is 4.00. The molecule has 0 bridgehead atoms. The summed E-state index contributed by atoms with van der Waals surface area (Å²) in [6, 6.07) is 7.55. The van der Waals surface area contributed by atoms with Gasteiger partial charge >= 0.3 is 0 Å². The van der Waals surface area contributed by atoms with Gasteiger partial charge in [0.2, 0.25) is 17.8 Å². The fourth-order valence-electron chi connectivity index (χ4n) is 1.29. The Morgan fingerprint density at radius 2 is 1.45 bits per heavy atom. The van der Waals surface area contributed by atoms with Gasteiger partial charge in [0.15, 0.2) is 0 Å². The maximum Gasteiger partial charge on any atom is 0.229 e. The number of nitrogens with one attached hydrogen (secondary N) is 2. The number of nitrogens with zero attached hydrogens (tertiary/aromatic N) is 2. The van der Waals surface area contributed by atoms with Crippen molar-refractivity contribution in [2.75, 3.05) is 0 Å². The summed E-state index contributed by atoms with van der Waals surface area (Å²) >= 11 is 3.35. The molecule has 1 rings (SSSR count). The summed E-state index contributed by atoms with van der Waals surface area (Å²) in [5.74, 6) is -0.676. The summed E-state index contributed by atoms with van der Waals surface area (Å²) < 4.78 is 0.967. The minimum atomic E-state index is -0.339. The zero-order valence-electron chi connectivity index (χ0n) is 11.4. The minimum Gasteiger partial charge on any atom is -0.295 e. The summed E-state index contributed by atoms with van der Waals surface area (Å²) in [5, 5.41) is 12.6. The minimum absolute atomic E-state index is 0.00135. The van der Waals surface area contributed by atoms with Crippen molar-refractivity contribution in [2.24, 2.45) is 10.2 Å². The average molecular weight is 339 g/mol. The van der Waals surface area contributed by atoms with Crippen molar-refractivity contribution in [1.29, 1.82) is 0 Å². The molecule has 106 valence electrons. The largest absolute Gasteiger partial charge is 0.295 e. The van der Waals surface area contributed by atoms with Crippen molar-refractivity contribution < 1.29 is 9.59 Å². The number of benzene rings is 1. The van der Waals surface area contributed by atoms with Crippen LogP contribution in [0.2, 0.25) is 0 Å². The number of halogens is 1. The molecular formula is C13H15BrN4O2. The summed E-state index contributed by atoms with van der Waals surface area (Å²) in [6.45, 7) is 4.43. The number of guanidine groups is 1. The fraction of sp³-hybridized carbons (Fsp3) is 0.231. The Labute approximate surface area is 125 Å². The molecule has 0 heterocycles. The molecule has 0 saturated carbocycles. The van der Waals surface area contributed by atoms with Crippen LogP contribution < -0.4 is 10.6 Å². The van der Waals surface area contributed by atoms with E-state index in [2.05, 4.69) is 36.8 Å². The highest BCUT2D eigenvalue weighted by Gasteiger charge is 2.03. The van der Waals surface area contributed by atoms with E-state index >= 15 is 0 Å². The van der Waals surface area contributed by atoms with Gasteiger partial charge in [-0.05, 0) is 24.6 Å². The SMILES string of the molecule is CC(=O)NC(=N/N=C(/C)c1ccc(Br)cc1)NC(C)=O. The number of carbonyl (C=O) groups excluding carboxylic acids is 2. The molecule has 6 nitrogen and oxygen atoms in total. The molecule has 0 aliphatic heterocycles. The highest BCUT2D eigenvalue weighted by Crippen LogP contribution is 2.11. The first-order valence-corrected chi connectivity index (χ1v) is 6.61. The topological polar surface area (TPSA) is 82.9 Å². The molecule has 1 aromatic carbocycles. The number of hydrogen-bond acceptors (Lipinski definition) is 4. The van der Waals surface area contributed by atoms with Gasteiger partial charge in [0.05, 0.1) is 5.71 Å². The summed E-state index contributed by atoms with van der Waals surface area (Å²) in [4.78, 5) is 22.0. The molecule has 2 N–H and O–H groups in total. The van der Waals surface area contributed by atoms with Crippen LogP contribution in [0.15, 0.2) is 38.9 Å². The van der Waals surface area contributed by atoms with Gasteiger partial charge in [0, 0.05) is 18.3 Å². The van der Waals surface area contributed by atoms with Gasteiger partial charge in [-0.3, -0.25) is 20.2 Å². The van der Waals surface area contributed by atoms with Gasteiger partial charge in [0.25, 0.3) is 0 Å². The van der Waals surface area contributed by atoms with Gasteiger partial charge in [0.1, 0.15) is 0 Å². The molecule has 0 unspecified atom stereocenters. The van der Waals surface area contributed by atoms with E-state index in [9.17, 15) is 9.59 Å². The highest BCUT2D eigenvalue weighted by atomic mass is 79.9. The third-order valence-corrected chi connectivity index (χ3v) is 2.68. The van der Waals surface area contributed by atoms with E-state index in [1.165, 1.54) is 13.8 Å². The number of rotatable bonds is 2. The summed E-state index contributed by atoms with van der Waals surface area (Å²) in [5.41, 5.74) is 1.55. The van der Waals surface area contributed by atoms with E-state index < -0.39 is 0 Å². The van der Waals surface area contributed by atoms with Crippen LogP contribution in [0.4, 0.5) is 0 Å². The Morgan fingerprint density at radius 3 is 1.90 bits per heavy atom. The van der Waals surface area contributed by atoms with Crippen molar-refractivity contribution >= 4 is 39.4 Å². The normalized spacial score (nSPS) is 10.7. The van der Waals surface area contributed by atoms with Gasteiger partial charge in [-0.1, -0.05) is 28.1 Å². The Balaban J connectivity index is 2.92. The second kappa shape index (κ2) is 7.54. The Morgan fingerprint density at radius 1 is 0.950 bits per heavy atom. The maximum absolute atomic E-state index is 11.0. The lowest BCUT2D eigenvalue weighted by atomic mass is 10.1. The van der Waals surface area contributed by atoms with E-state index in [1.807, 2.05) is 24.3 Å². The van der Waals surface area contributed by atoms with Crippen LogP contribution in [-0.4, -0.2) is 23.5 Å². The van der Waals surface area contributed by atoms with Crippen LogP contribution >= 0.6 is 15.9 Å². The lowest BCUT2D eigenvalue weighted by molar-refractivity contribution is -0.117. The van der Waals surface area contributed by atoms with Gasteiger partial charge in [-0.2, -0.15) is 5.10 Å². The monoisotopic (exact) mass is 338 g/mol. The quantitative estimate of drug-likeness (QED) is 0.489. The van der Waals surface area contributed by atoms with Gasteiger partial charge in [-0.15, -0.1) is 5.10 Å². The molecule has 7 heteroatoms. The lowest BCUT2D eigenvalue weighted by Crippen LogP contribution is -2.41. The summed E-state index contributed by atoms with van der Waals surface area (Å²) in [7, 11) is 0. The van der Waals surface area contributed by atoms with Gasteiger partial charge in [-0.25, -0.2) is 0 Å². The molecule has 0 aliphatic rings. The van der Waals surface area contributed by atoms with Crippen molar-refractivity contribution in [2.45, 2.75) is 20.8 Å². The van der Waals surface area contributed by atoms with Crippen LogP contribution in [0, 0.1) is 0 Å². The van der Waals surface area contributed by atoms with E-state index in [1.54, 1.807) is 6.92 Å². The molecule has 20 heavy (non-hydrogen) atoms. The van der Waals surface area contributed by atoms with Crippen molar-refractivity contribution in [3.05, 3.63) is 34.3 Å². The Kier molecular flexibility index (Phi) is 6.05. The first kappa shape index (κ1) is 16.0. The highest BCUT2D eigenvalue weighted by molar-refractivity contribution is 9.10. The van der Waals surface area contributed by atoms with E-state index in [0.717, 1.165) is 10.0 Å². The fourth-order valence-corrected chi connectivity index (χ4v) is 1.55. The van der Waals surface area contributed by atoms with E-state index in [0.29, 0.717) is 5.71 Å². The van der Waals surface area contributed by atoms with Crippen molar-refractivity contribution in [1.82, 2.24) is 10.6 Å². The average Bonchev–Trinajstić information content (AvgIpc) is 2.35. The van der Waals surface area contributed by atoms with Crippen molar-refractivity contribution in [3.63, 3.8) is 0 Å². The molecule has 0 atom stereocenters. The zero-order valence-corrected chi connectivity index (χ0v) is 13.0. The molecule has 1 aromatic rings. The standard InChI is InChI=1S/C13H15BrN4O2/c1-8(11-4-6-12(14)7-5-11)17-18-13(15-9(2)19)16-10(3)20/h4-7H,1-3H3,(H2,15,16,18,19,20)/b17-8-. The summed E-state index contributed by atoms with van der Waals surface area (Å²) in [6.07, 6.45) is 0. The molecule has 0 fully saturated rings. The van der Waals surface area contributed by atoms with Crippen LogP contribution in [0.5, 0.6) is 0 Å². The molecule has 2 amide bonds. The van der Waals surface area contributed by atoms with E-state index in [4.69, 9.17) is 0 Å². The van der Waals surface area contributed by atoms with E-state index in [-0.39, 0.29) is 17.8 Å². The number of amides is 2. The molecular weight excluding hydrogens is 324 g/mol. The smallest absolute Gasteiger partial charge is 0.229 e. The Bertz CT molecular complexity index is 546. The predicted octanol–water partition coefficient (Wildman–Crippen LogP) is 1.80. The van der Waals surface area contributed by atoms with Crippen LogP contribution in [-0.2, 0) is 9.59 Å². The van der Waals surface area contributed by atoms with Crippen LogP contribution in [0.25, 0.3) is 0 Å². The first-order chi connectivity index (χ1) is 9.38. The number of carbonyl (C=O) groups is 2. The van der Waals surface area contributed by atoms with Gasteiger partial charge < -0.3 is 0 Å². The second-order valence-corrected chi connectivity index (χ2v) is 4.92. The van der Waals surface area contributed by atoms with Crippen LogP contribution in [0.3, 0.4) is 0 Å². The number of hydrogen-bond donors (Lipinski definition) is 2. The Hall–Kier alpha value is -2.02. The molecule has 0 spiro atoms. The molecule has 0 radical (unpaired) electrons. The predicted molar refractivity (Wildman–Crippen MR) is 81.4 cm³/mol. The third kappa shape index (κ3) is 5.75. The molecule has 0 saturated heterocycles. The molecule has 0 aromatic heterocycles. The lowest BCUT2D eigenvalue weighted by Gasteiger charge is -2.05. The zero-order chi connectivity index (χ0) is 15.1. The maximum atomic E-state index is 11.0. The van der Waals surface area contributed by atoms with Crippen LogP contribution in [0.1, 0.15) is 26.3 Å².